The van der Waals surface area contributed by atoms with Crippen LogP contribution in [0.4, 0.5) is 5.69 Å². The van der Waals surface area contributed by atoms with Gasteiger partial charge in [-0.25, -0.2) is 4.79 Å². The van der Waals surface area contributed by atoms with Crippen molar-refractivity contribution in [3.05, 3.63) is 88.5 Å². The number of hydrogen-bond acceptors (Lipinski definition) is 4. The Labute approximate surface area is 164 Å². The van der Waals surface area contributed by atoms with E-state index in [0.29, 0.717) is 22.7 Å². The lowest BCUT2D eigenvalue weighted by atomic mass is 9.77. The lowest BCUT2D eigenvalue weighted by Crippen LogP contribution is -2.33. The van der Waals surface area contributed by atoms with Crippen LogP contribution in [0.5, 0.6) is 11.5 Å². The summed E-state index contributed by atoms with van der Waals surface area (Å²) in [5, 5.41) is 0. The number of rotatable bonds is 1. The van der Waals surface area contributed by atoms with Crippen molar-refractivity contribution in [1.82, 2.24) is 0 Å². The van der Waals surface area contributed by atoms with Crippen molar-refractivity contribution in [3.63, 3.8) is 0 Å². The van der Waals surface area contributed by atoms with Gasteiger partial charge >= 0.3 is 5.97 Å². The van der Waals surface area contributed by atoms with E-state index in [1.807, 2.05) is 62.4 Å². The van der Waals surface area contributed by atoms with Crippen molar-refractivity contribution >= 4 is 11.7 Å². The summed E-state index contributed by atoms with van der Waals surface area (Å²) in [6.07, 6.45) is 0.879. The Morgan fingerprint density at radius 1 is 0.893 bits per heavy atom. The normalized spacial score (nSPS) is 18.2. The van der Waals surface area contributed by atoms with Gasteiger partial charge < -0.3 is 15.2 Å². The fraction of sp³-hybridized carbons (Fsp3) is 0.208. The first-order valence-corrected chi connectivity index (χ1v) is 9.67. The van der Waals surface area contributed by atoms with Gasteiger partial charge in [-0.1, -0.05) is 51.1 Å². The second-order valence-corrected chi connectivity index (χ2v) is 6.66. The summed E-state index contributed by atoms with van der Waals surface area (Å²) in [6.45, 7) is 6.10. The first kappa shape index (κ1) is 18.1. The number of nitrogen functional groups attached to an aromatic ring is 1. The lowest BCUT2D eigenvalue weighted by molar-refractivity contribution is 0.0224. The molecule has 0 saturated heterocycles. The number of anilines is 1. The largest absolute Gasteiger partial charge is 0.456 e. The van der Waals surface area contributed by atoms with Crippen LogP contribution in [0, 0.1) is 0 Å². The maximum Gasteiger partial charge on any atom is 0.340 e. The predicted molar refractivity (Wildman–Crippen MR) is 110 cm³/mol. The van der Waals surface area contributed by atoms with Crippen LogP contribution in [0.15, 0.2) is 60.7 Å². The predicted octanol–water partition coefficient (Wildman–Crippen LogP) is 5.43. The molecule has 1 unspecified atom stereocenters. The standard InChI is InChI=1S/C22H17NO3.C2H6/c1-2-13-7-9-15-18(11-13)22(26-21(15)24)16-5-3-4-6-19(16)25-20-12-14(23)8-10-17(20)22;1-2/h3-12H,2,23H2,1H3;1-2H3. The first-order valence-electron chi connectivity index (χ1n) is 9.67. The number of aryl methyl sites for hydroxylation is 1. The first-order chi connectivity index (χ1) is 13.6. The number of carbonyl (C=O) groups excluding carboxylic acids is 1. The van der Waals surface area contributed by atoms with Gasteiger partial charge in [0.15, 0.2) is 5.60 Å². The van der Waals surface area contributed by atoms with Gasteiger partial charge in [0.05, 0.1) is 5.56 Å². The molecule has 2 aliphatic heterocycles. The van der Waals surface area contributed by atoms with E-state index < -0.39 is 5.60 Å². The van der Waals surface area contributed by atoms with Crippen LogP contribution in [0.25, 0.3) is 0 Å². The van der Waals surface area contributed by atoms with Gasteiger partial charge in [0, 0.05) is 28.4 Å². The number of benzene rings is 3. The molecule has 142 valence electrons. The van der Waals surface area contributed by atoms with Crippen LogP contribution < -0.4 is 10.5 Å². The van der Waals surface area contributed by atoms with E-state index in [0.717, 1.165) is 28.7 Å². The monoisotopic (exact) mass is 373 g/mol. The highest BCUT2D eigenvalue weighted by molar-refractivity contribution is 5.97. The molecule has 1 spiro atoms. The van der Waals surface area contributed by atoms with Crippen molar-refractivity contribution in [2.45, 2.75) is 32.8 Å². The maximum absolute atomic E-state index is 12.7. The molecule has 28 heavy (non-hydrogen) atoms. The van der Waals surface area contributed by atoms with Gasteiger partial charge in [-0.3, -0.25) is 0 Å². The minimum atomic E-state index is -1.00. The smallest absolute Gasteiger partial charge is 0.340 e. The quantitative estimate of drug-likeness (QED) is 0.457. The van der Waals surface area contributed by atoms with E-state index in [1.54, 1.807) is 6.07 Å². The van der Waals surface area contributed by atoms with Crippen molar-refractivity contribution in [2.75, 3.05) is 5.73 Å². The highest BCUT2D eigenvalue weighted by atomic mass is 16.6. The number of fused-ring (bicyclic) bond motifs is 6. The van der Waals surface area contributed by atoms with E-state index >= 15 is 0 Å². The van der Waals surface area contributed by atoms with Crippen molar-refractivity contribution in [3.8, 4) is 11.5 Å². The van der Waals surface area contributed by atoms with E-state index in [2.05, 4.69) is 13.0 Å². The van der Waals surface area contributed by atoms with Crippen molar-refractivity contribution < 1.29 is 14.3 Å². The maximum atomic E-state index is 12.7. The Hall–Kier alpha value is -3.27. The number of nitrogens with two attached hydrogens (primary N) is 1. The molecule has 0 amide bonds. The third-order valence-electron chi connectivity index (χ3n) is 5.21. The molecule has 2 aliphatic rings. The van der Waals surface area contributed by atoms with Crippen molar-refractivity contribution in [1.29, 1.82) is 0 Å². The average Bonchev–Trinajstić information content (AvgIpc) is 3.02. The summed E-state index contributed by atoms with van der Waals surface area (Å²) < 4.78 is 12.2. The molecule has 3 aromatic carbocycles. The van der Waals surface area contributed by atoms with Crippen molar-refractivity contribution in [2.24, 2.45) is 0 Å². The Balaban J connectivity index is 0.000000932. The van der Waals surface area contributed by atoms with E-state index in [1.165, 1.54) is 0 Å². The van der Waals surface area contributed by atoms with E-state index in [4.69, 9.17) is 15.2 Å². The third kappa shape index (κ3) is 2.41. The van der Waals surface area contributed by atoms with Crippen LogP contribution in [-0.2, 0) is 16.8 Å². The Kier molecular flexibility index (Phi) is 4.34. The molecule has 2 heterocycles. The van der Waals surface area contributed by atoms with E-state index in [9.17, 15) is 4.79 Å². The molecule has 0 fully saturated rings. The van der Waals surface area contributed by atoms with Crippen LogP contribution >= 0.6 is 0 Å². The summed E-state index contributed by atoms with van der Waals surface area (Å²) in [5.74, 6) is 0.974. The van der Waals surface area contributed by atoms with Crippen LogP contribution in [0.3, 0.4) is 0 Å². The van der Waals surface area contributed by atoms with Crippen LogP contribution in [0.2, 0.25) is 0 Å². The zero-order valence-electron chi connectivity index (χ0n) is 16.3. The highest BCUT2D eigenvalue weighted by Crippen LogP contribution is 2.56. The van der Waals surface area contributed by atoms with Gasteiger partial charge in [-0.15, -0.1) is 0 Å². The van der Waals surface area contributed by atoms with Gasteiger partial charge in [-0.2, -0.15) is 0 Å². The number of ether oxygens (including phenoxy) is 2. The Bertz CT molecular complexity index is 1070. The lowest BCUT2D eigenvalue weighted by Gasteiger charge is -2.36. The number of carbonyl (C=O) groups is 1. The Morgan fingerprint density at radius 3 is 2.43 bits per heavy atom. The molecular formula is C24H23NO3. The fourth-order valence-electron chi connectivity index (χ4n) is 3.95. The molecule has 4 heteroatoms. The van der Waals surface area contributed by atoms with Gasteiger partial charge in [-0.05, 0) is 36.2 Å². The molecule has 1 atom stereocenters. The van der Waals surface area contributed by atoms with Gasteiger partial charge in [0.1, 0.15) is 11.5 Å². The molecule has 2 N–H and O–H groups in total. The third-order valence-corrected chi connectivity index (χ3v) is 5.21. The zero-order valence-corrected chi connectivity index (χ0v) is 16.3. The zero-order chi connectivity index (χ0) is 19.9. The highest BCUT2D eigenvalue weighted by Gasteiger charge is 2.53. The van der Waals surface area contributed by atoms with Gasteiger partial charge in [0.2, 0.25) is 0 Å². The van der Waals surface area contributed by atoms with Crippen LogP contribution in [-0.4, -0.2) is 5.97 Å². The minimum absolute atomic E-state index is 0.317. The molecule has 0 radical (unpaired) electrons. The molecule has 0 saturated carbocycles. The SMILES string of the molecule is CC.CCc1ccc2c(c1)C1(OC2=O)c2ccccc2Oc2cc(N)ccc21. The van der Waals surface area contributed by atoms with Gasteiger partial charge in [0.25, 0.3) is 0 Å². The minimum Gasteiger partial charge on any atom is -0.456 e. The summed E-state index contributed by atoms with van der Waals surface area (Å²) in [4.78, 5) is 12.7. The fourth-order valence-corrected chi connectivity index (χ4v) is 3.95. The number of para-hydroxylation sites is 1. The number of esters is 1. The Morgan fingerprint density at radius 2 is 1.64 bits per heavy atom. The second kappa shape index (κ2) is 6.71. The molecule has 0 bridgehead atoms. The molecular weight excluding hydrogens is 350 g/mol. The second-order valence-electron chi connectivity index (χ2n) is 6.66. The molecule has 3 aromatic rings. The topological polar surface area (TPSA) is 61.5 Å². The molecule has 0 aliphatic carbocycles. The summed E-state index contributed by atoms with van der Waals surface area (Å²) in [5.41, 5.74) is 9.81. The summed E-state index contributed by atoms with van der Waals surface area (Å²) in [6, 6.07) is 19.1. The summed E-state index contributed by atoms with van der Waals surface area (Å²) >= 11 is 0. The molecule has 4 nitrogen and oxygen atoms in total. The molecule has 5 rings (SSSR count). The average molecular weight is 373 g/mol. The summed E-state index contributed by atoms with van der Waals surface area (Å²) in [7, 11) is 0. The number of hydrogen-bond donors (Lipinski definition) is 1. The van der Waals surface area contributed by atoms with E-state index in [-0.39, 0.29) is 5.97 Å². The van der Waals surface area contributed by atoms with Crippen LogP contribution in [0.1, 0.15) is 53.4 Å². The molecule has 0 aromatic heterocycles.